The van der Waals surface area contributed by atoms with Gasteiger partial charge >= 0.3 is 0 Å². The standard InChI is InChI=1S/C17H19N3OS/c1-11(2)18-16(21)8-14-10-22-17-19-15(9-20(14)17)13-6-4-12(3)5-7-13/h4-7,9-11H,8H2,1-3H3,(H,18,21). The smallest absolute Gasteiger partial charge is 0.226 e. The third-order valence-corrected chi connectivity index (χ3v) is 4.31. The van der Waals surface area contributed by atoms with E-state index in [1.165, 1.54) is 5.56 Å². The maximum absolute atomic E-state index is 11.9. The Morgan fingerprint density at radius 1 is 1.32 bits per heavy atom. The molecule has 0 aliphatic rings. The van der Waals surface area contributed by atoms with Crippen molar-refractivity contribution >= 4 is 22.2 Å². The Labute approximate surface area is 133 Å². The average molecular weight is 313 g/mol. The summed E-state index contributed by atoms with van der Waals surface area (Å²) in [5.74, 6) is 0.0419. The second kappa shape index (κ2) is 5.93. The van der Waals surface area contributed by atoms with Gasteiger partial charge in [0.25, 0.3) is 0 Å². The van der Waals surface area contributed by atoms with Crippen molar-refractivity contribution in [1.82, 2.24) is 14.7 Å². The first-order valence-corrected chi connectivity index (χ1v) is 8.23. The van der Waals surface area contributed by atoms with E-state index < -0.39 is 0 Å². The van der Waals surface area contributed by atoms with Crippen LogP contribution in [0.1, 0.15) is 25.1 Å². The van der Waals surface area contributed by atoms with Gasteiger partial charge in [-0.3, -0.25) is 9.20 Å². The largest absolute Gasteiger partial charge is 0.354 e. The second-order valence-corrected chi connectivity index (χ2v) is 6.61. The minimum atomic E-state index is 0.0419. The number of benzene rings is 1. The molecule has 4 nitrogen and oxygen atoms in total. The van der Waals surface area contributed by atoms with Gasteiger partial charge in [0.15, 0.2) is 4.96 Å². The minimum absolute atomic E-state index is 0.0419. The first kappa shape index (κ1) is 14.8. The van der Waals surface area contributed by atoms with E-state index in [9.17, 15) is 4.79 Å². The van der Waals surface area contributed by atoms with E-state index in [-0.39, 0.29) is 11.9 Å². The fourth-order valence-electron chi connectivity index (χ4n) is 2.36. The van der Waals surface area contributed by atoms with E-state index >= 15 is 0 Å². The van der Waals surface area contributed by atoms with Crippen LogP contribution in [0.5, 0.6) is 0 Å². The Morgan fingerprint density at radius 2 is 2.05 bits per heavy atom. The van der Waals surface area contributed by atoms with Crippen molar-refractivity contribution in [3.63, 3.8) is 0 Å². The third-order valence-electron chi connectivity index (χ3n) is 3.42. The highest BCUT2D eigenvalue weighted by atomic mass is 32.1. The highest BCUT2D eigenvalue weighted by Crippen LogP contribution is 2.24. The molecular formula is C17H19N3OS. The van der Waals surface area contributed by atoms with Crippen LogP contribution in [0.4, 0.5) is 0 Å². The Kier molecular flexibility index (Phi) is 3.98. The molecule has 0 radical (unpaired) electrons. The van der Waals surface area contributed by atoms with E-state index in [2.05, 4.69) is 41.5 Å². The zero-order valence-corrected chi connectivity index (χ0v) is 13.8. The van der Waals surface area contributed by atoms with E-state index in [4.69, 9.17) is 0 Å². The number of hydrogen-bond acceptors (Lipinski definition) is 3. The van der Waals surface area contributed by atoms with E-state index in [1.807, 2.05) is 29.8 Å². The number of rotatable bonds is 4. The van der Waals surface area contributed by atoms with Crippen molar-refractivity contribution in [3.8, 4) is 11.3 Å². The molecule has 0 aliphatic heterocycles. The predicted octanol–water partition coefficient (Wildman–Crippen LogP) is 3.44. The molecule has 2 aromatic heterocycles. The summed E-state index contributed by atoms with van der Waals surface area (Å²) in [7, 11) is 0. The summed E-state index contributed by atoms with van der Waals surface area (Å²) >= 11 is 1.57. The van der Waals surface area contributed by atoms with Crippen LogP contribution in [-0.2, 0) is 11.2 Å². The van der Waals surface area contributed by atoms with Crippen LogP contribution in [0.25, 0.3) is 16.2 Å². The van der Waals surface area contributed by atoms with Crippen molar-refractivity contribution in [2.45, 2.75) is 33.2 Å². The lowest BCUT2D eigenvalue weighted by Crippen LogP contribution is -2.31. The van der Waals surface area contributed by atoms with Crippen LogP contribution < -0.4 is 5.32 Å². The molecule has 0 atom stereocenters. The van der Waals surface area contributed by atoms with Crippen LogP contribution in [-0.4, -0.2) is 21.3 Å². The quantitative estimate of drug-likeness (QED) is 0.802. The highest BCUT2D eigenvalue weighted by Gasteiger charge is 2.12. The number of imidazole rings is 1. The number of fused-ring (bicyclic) bond motifs is 1. The molecule has 0 saturated heterocycles. The summed E-state index contributed by atoms with van der Waals surface area (Å²) in [5.41, 5.74) is 4.25. The highest BCUT2D eigenvalue weighted by molar-refractivity contribution is 7.15. The summed E-state index contributed by atoms with van der Waals surface area (Å²) in [6.07, 6.45) is 2.39. The van der Waals surface area contributed by atoms with Crippen LogP contribution in [0.2, 0.25) is 0 Å². The van der Waals surface area contributed by atoms with E-state index in [1.54, 1.807) is 11.3 Å². The molecule has 1 aromatic carbocycles. The molecule has 22 heavy (non-hydrogen) atoms. The molecular weight excluding hydrogens is 294 g/mol. The average Bonchev–Trinajstić information content (AvgIpc) is 3.01. The van der Waals surface area contributed by atoms with Crippen molar-refractivity contribution in [3.05, 3.63) is 47.1 Å². The van der Waals surface area contributed by atoms with Gasteiger partial charge in [-0.25, -0.2) is 4.98 Å². The second-order valence-electron chi connectivity index (χ2n) is 5.77. The summed E-state index contributed by atoms with van der Waals surface area (Å²) in [4.78, 5) is 17.5. The number of carbonyl (C=O) groups excluding carboxylic acids is 1. The van der Waals surface area contributed by atoms with Gasteiger partial charge in [-0.05, 0) is 20.8 Å². The number of hydrogen-bond donors (Lipinski definition) is 1. The fraction of sp³-hybridized carbons (Fsp3) is 0.294. The van der Waals surface area contributed by atoms with Crippen molar-refractivity contribution < 1.29 is 4.79 Å². The van der Waals surface area contributed by atoms with Crippen LogP contribution in [0.15, 0.2) is 35.8 Å². The lowest BCUT2D eigenvalue weighted by molar-refractivity contribution is -0.120. The SMILES string of the molecule is Cc1ccc(-c2cn3c(CC(=O)NC(C)C)csc3n2)cc1. The topological polar surface area (TPSA) is 46.4 Å². The Hall–Kier alpha value is -2.14. The van der Waals surface area contributed by atoms with Gasteiger partial charge in [0.2, 0.25) is 5.91 Å². The molecule has 0 saturated carbocycles. The molecule has 3 rings (SSSR count). The first-order chi connectivity index (χ1) is 10.5. The Balaban J connectivity index is 1.88. The number of carbonyl (C=O) groups is 1. The summed E-state index contributed by atoms with van der Waals surface area (Å²) in [5, 5.41) is 4.92. The zero-order chi connectivity index (χ0) is 15.7. The Morgan fingerprint density at radius 3 is 2.73 bits per heavy atom. The van der Waals surface area contributed by atoms with Gasteiger partial charge in [0, 0.05) is 28.9 Å². The third kappa shape index (κ3) is 3.04. The number of nitrogens with zero attached hydrogens (tertiary/aromatic N) is 2. The predicted molar refractivity (Wildman–Crippen MR) is 90.2 cm³/mol. The normalized spacial score (nSPS) is 11.3. The monoisotopic (exact) mass is 313 g/mol. The molecule has 0 bridgehead atoms. The van der Waals surface area contributed by atoms with Gasteiger partial charge < -0.3 is 5.32 Å². The van der Waals surface area contributed by atoms with Crippen LogP contribution in [0.3, 0.4) is 0 Å². The molecule has 0 unspecified atom stereocenters. The number of thiazole rings is 1. The molecule has 0 spiro atoms. The Bertz CT molecular complexity index is 799. The van der Waals surface area contributed by atoms with Gasteiger partial charge in [-0.2, -0.15) is 0 Å². The molecule has 1 N–H and O–H groups in total. The summed E-state index contributed by atoms with van der Waals surface area (Å²) in [6, 6.07) is 8.48. The molecule has 3 aromatic rings. The van der Waals surface area contributed by atoms with Gasteiger partial charge in [-0.1, -0.05) is 29.8 Å². The van der Waals surface area contributed by atoms with Crippen molar-refractivity contribution in [1.29, 1.82) is 0 Å². The molecule has 114 valence electrons. The maximum atomic E-state index is 11.9. The van der Waals surface area contributed by atoms with E-state index in [0.717, 1.165) is 21.9 Å². The van der Waals surface area contributed by atoms with Gasteiger partial charge in [0.05, 0.1) is 12.1 Å². The maximum Gasteiger partial charge on any atom is 0.226 e. The van der Waals surface area contributed by atoms with Crippen LogP contribution >= 0.6 is 11.3 Å². The van der Waals surface area contributed by atoms with Crippen molar-refractivity contribution in [2.24, 2.45) is 0 Å². The molecule has 0 aliphatic carbocycles. The number of nitrogens with one attached hydrogen (secondary N) is 1. The number of aryl methyl sites for hydroxylation is 1. The molecule has 1 amide bonds. The molecule has 0 fully saturated rings. The minimum Gasteiger partial charge on any atom is -0.354 e. The number of aromatic nitrogens is 2. The number of amides is 1. The first-order valence-electron chi connectivity index (χ1n) is 7.35. The van der Waals surface area contributed by atoms with Gasteiger partial charge in [0.1, 0.15) is 0 Å². The summed E-state index contributed by atoms with van der Waals surface area (Å²) in [6.45, 7) is 6.00. The molecule has 5 heteroatoms. The van der Waals surface area contributed by atoms with Crippen molar-refractivity contribution in [2.75, 3.05) is 0 Å². The van der Waals surface area contributed by atoms with Crippen LogP contribution in [0, 0.1) is 6.92 Å². The van der Waals surface area contributed by atoms with Gasteiger partial charge in [-0.15, -0.1) is 11.3 Å². The zero-order valence-electron chi connectivity index (χ0n) is 13.0. The fourth-order valence-corrected chi connectivity index (χ4v) is 3.23. The summed E-state index contributed by atoms with van der Waals surface area (Å²) < 4.78 is 2.01. The lowest BCUT2D eigenvalue weighted by atomic mass is 10.1. The lowest BCUT2D eigenvalue weighted by Gasteiger charge is -2.07. The van der Waals surface area contributed by atoms with E-state index in [0.29, 0.717) is 6.42 Å². The molecule has 2 heterocycles.